The van der Waals surface area contributed by atoms with Crippen molar-refractivity contribution in [3.05, 3.63) is 28.2 Å². The Kier molecular flexibility index (Phi) is 5.61. The van der Waals surface area contributed by atoms with E-state index in [4.69, 9.17) is 10.5 Å². The quantitative estimate of drug-likeness (QED) is 0.839. The van der Waals surface area contributed by atoms with Crippen LogP contribution in [0.2, 0.25) is 0 Å². The van der Waals surface area contributed by atoms with Crippen molar-refractivity contribution in [3.8, 4) is 5.75 Å². The highest BCUT2D eigenvalue weighted by Gasteiger charge is 2.27. The minimum atomic E-state index is -4.20. The maximum absolute atomic E-state index is 11.8. The summed E-state index contributed by atoms with van der Waals surface area (Å²) in [5.41, 5.74) is 2.14. The molecule has 17 heavy (non-hydrogen) atoms. The van der Waals surface area contributed by atoms with E-state index in [1.54, 1.807) is 18.2 Å². The average Bonchev–Trinajstić information content (AvgIpc) is 2.25. The number of ether oxygens (including phenoxy) is 1. The van der Waals surface area contributed by atoms with Gasteiger partial charge in [-0.1, -0.05) is 15.9 Å². The molecule has 0 bridgehead atoms. The van der Waals surface area contributed by atoms with E-state index in [9.17, 15) is 13.2 Å². The number of rotatable bonds is 5. The molecule has 0 saturated heterocycles. The van der Waals surface area contributed by atoms with Crippen LogP contribution in [0.4, 0.5) is 13.2 Å². The Morgan fingerprint density at radius 3 is 2.65 bits per heavy atom. The van der Waals surface area contributed by atoms with Gasteiger partial charge in [0.25, 0.3) is 0 Å². The monoisotopic (exact) mass is 329 g/mol. The summed E-state index contributed by atoms with van der Waals surface area (Å²) in [6, 6.07) is 5.15. The van der Waals surface area contributed by atoms with Crippen LogP contribution in [0.15, 0.2) is 22.7 Å². The van der Waals surface area contributed by atoms with Gasteiger partial charge in [-0.3, -0.25) is 0 Å². The van der Waals surface area contributed by atoms with Gasteiger partial charge >= 0.3 is 5.51 Å². The molecule has 0 spiro atoms. The molecule has 96 valence electrons. The lowest BCUT2D eigenvalue weighted by Gasteiger charge is -2.09. The number of alkyl halides is 3. The maximum atomic E-state index is 11.8. The lowest BCUT2D eigenvalue weighted by molar-refractivity contribution is -0.0329. The second-order valence-electron chi connectivity index (χ2n) is 3.10. The summed E-state index contributed by atoms with van der Waals surface area (Å²) in [5.74, 6) is 0.397. The number of thioether (sulfide) groups is 1. The van der Waals surface area contributed by atoms with E-state index in [1.807, 2.05) is 0 Å². The molecule has 0 aliphatic heterocycles. The van der Waals surface area contributed by atoms with Crippen molar-refractivity contribution in [1.29, 1.82) is 0 Å². The molecule has 0 aliphatic carbocycles. The summed E-state index contributed by atoms with van der Waals surface area (Å²) in [6.45, 7) is 0.352. The predicted molar refractivity (Wildman–Crippen MR) is 66.0 cm³/mol. The first-order chi connectivity index (χ1) is 7.92. The van der Waals surface area contributed by atoms with Crippen molar-refractivity contribution in [2.75, 3.05) is 12.4 Å². The van der Waals surface area contributed by atoms with E-state index in [0.29, 0.717) is 12.3 Å². The molecule has 0 saturated carbocycles. The van der Waals surface area contributed by atoms with E-state index < -0.39 is 5.51 Å². The van der Waals surface area contributed by atoms with Gasteiger partial charge < -0.3 is 10.5 Å². The van der Waals surface area contributed by atoms with Gasteiger partial charge in [0.05, 0.1) is 6.61 Å². The molecule has 0 atom stereocenters. The minimum Gasteiger partial charge on any atom is -0.493 e. The second-order valence-corrected chi connectivity index (χ2v) is 5.11. The highest BCUT2D eigenvalue weighted by Crippen LogP contribution is 2.30. The molecule has 0 aromatic heterocycles. The van der Waals surface area contributed by atoms with Gasteiger partial charge in [-0.2, -0.15) is 13.2 Å². The molecule has 0 fully saturated rings. The molecule has 0 aliphatic rings. The molecule has 0 amide bonds. The number of halogens is 4. The van der Waals surface area contributed by atoms with Gasteiger partial charge in [-0.15, -0.1) is 0 Å². The van der Waals surface area contributed by atoms with Gasteiger partial charge in [0.2, 0.25) is 0 Å². The Balaban J connectivity index is 2.42. The standard InChI is InChI=1S/C10H11BrF3NOS/c11-9-2-1-8(5-7(9)6-15)16-3-4-17-10(12,13)14/h1-2,5H,3-4,6,15H2. The third-order valence-corrected chi connectivity index (χ3v) is 3.33. The average molecular weight is 330 g/mol. The van der Waals surface area contributed by atoms with Crippen LogP contribution < -0.4 is 10.5 Å². The normalized spacial score (nSPS) is 11.6. The molecule has 1 aromatic rings. The zero-order chi connectivity index (χ0) is 12.9. The van der Waals surface area contributed by atoms with Crippen molar-refractivity contribution in [2.45, 2.75) is 12.1 Å². The Hall–Kier alpha value is -0.400. The number of benzene rings is 1. The zero-order valence-corrected chi connectivity index (χ0v) is 11.2. The molecule has 7 heteroatoms. The van der Waals surface area contributed by atoms with Gasteiger partial charge in [-0.25, -0.2) is 0 Å². The fourth-order valence-corrected chi connectivity index (χ4v) is 1.92. The summed E-state index contributed by atoms with van der Waals surface area (Å²) in [7, 11) is 0. The summed E-state index contributed by atoms with van der Waals surface area (Å²) >= 11 is 3.22. The van der Waals surface area contributed by atoms with E-state index in [1.165, 1.54) is 0 Å². The van der Waals surface area contributed by atoms with Crippen LogP contribution in [0, 0.1) is 0 Å². The predicted octanol–water partition coefficient (Wildman–Crippen LogP) is 3.54. The lowest BCUT2D eigenvalue weighted by Crippen LogP contribution is -2.07. The van der Waals surface area contributed by atoms with E-state index in [2.05, 4.69) is 15.9 Å². The van der Waals surface area contributed by atoms with Gasteiger partial charge in [0.1, 0.15) is 5.75 Å². The van der Waals surface area contributed by atoms with Crippen molar-refractivity contribution < 1.29 is 17.9 Å². The summed E-state index contributed by atoms with van der Waals surface area (Å²) in [5, 5.41) is 0. The minimum absolute atomic E-state index is 0.00974. The Morgan fingerprint density at radius 1 is 1.35 bits per heavy atom. The van der Waals surface area contributed by atoms with Crippen LogP contribution in [-0.2, 0) is 6.54 Å². The third kappa shape index (κ3) is 5.65. The van der Waals surface area contributed by atoms with Crippen molar-refractivity contribution in [1.82, 2.24) is 0 Å². The van der Waals surface area contributed by atoms with Gasteiger partial charge in [-0.05, 0) is 35.5 Å². The summed E-state index contributed by atoms with van der Waals surface area (Å²) < 4.78 is 41.6. The van der Waals surface area contributed by atoms with Crippen LogP contribution in [0.25, 0.3) is 0 Å². The zero-order valence-electron chi connectivity index (χ0n) is 8.76. The van der Waals surface area contributed by atoms with Crippen LogP contribution in [0.3, 0.4) is 0 Å². The summed E-state index contributed by atoms with van der Waals surface area (Å²) in [6.07, 6.45) is 0. The SMILES string of the molecule is NCc1cc(OCCSC(F)(F)F)ccc1Br. The Labute approximate surface area is 110 Å². The Bertz CT molecular complexity index is 373. The van der Waals surface area contributed by atoms with E-state index in [-0.39, 0.29) is 24.1 Å². The molecule has 2 N–H and O–H groups in total. The fourth-order valence-electron chi connectivity index (χ4n) is 1.11. The number of nitrogens with two attached hydrogens (primary N) is 1. The second kappa shape index (κ2) is 6.51. The van der Waals surface area contributed by atoms with Crippen molar-refractivity contribution in [3.63, 3.8) is 0 Å². The van der Waals surface area contributed by atoms with E-state index >= 15 is 0 Å². The van der Waals surface area contributed by atoms with Crippen molar-refractivity contribution in [2.24, 2.45) is 5.73 Å². The molecular weight excluding hydrogens is 319 g/mol. The highest BCUT2D eigenvalue weighted by molar-refractivity contribution is 9.10. The first kappa shape index (κ1) is 14.7. The molecule has 1 rings (SSSR count). The maximum Gasteiger partial charge on any atom is 0.441 e. The van der Waals surface area contributed by atoms with Gasteiger partial charge in [0.15, 0.2) is 0 Å². The molecule has 1 aromatic carbocycles. The number of hydrogen-bond donors (Lipinski definition) is 1. The van der Waals surface area contributed by atoms with Crippen molar-refractivity contribution >= 4 is 27.7 Å². The third-order valence-electron chi connectivity index (χ3n) is 1.85. The van der Waals surface area contributed by atoms with Crippen LogP contribution >= 0.6 is 27.7 Å². The van der Waals surface area contributed by atoms with E-state index in [0.717, 1.165) is 10.0 Å². The highest BCUT2D eigenvalue weighted by atomic mass is 79.9. The van der Waals surface area contributed by atoms with Crippen LogP contribution in [0.5, 0.6) is 5.75 Å². The van der Waals surface area contributed by atoms with Crippen LogP contribution in [0.1, 0.15) is 5.56 Å². The Morgan fingerprint density at radius 2 is 2.06 bits per heavy atom. The lowest BCUT2D eigenvalue weighted by atomic mass is 10.2. The first-order valence-corrected chi connectivity index (χ1v) is 6.52. The smallest absolute Gasteiger partial charge is 0.441 e. The molecular formula is C10H11BrF3NOS. The van der Waals surface area contributed by atoms with Crippen LogP contribution in [-0.4, -0.2) is 17.9 Å². The fraction of sp³-hybridized carbons (Fsp3) is 0.400. The molecule has 0 heterocycles. The number of hydrogen-bond acceptors (Lipinski definition) is 3. The molecule has 2 nitrogen and oxygen atoms in total. The molecule has 0 unspecified atom stereocenters. The largest absolute Gasteiger partial charge is 0.493 e. The van der Waals surface area contributed by atoms with Gasteiger partial charge in [0, 0.05) is 16.8 Å². The molecule has 0 radical (unpaired) electrons. The summed E-state index contributed by atoms with van der Waals surface area (Å²) in [4.78, 5) is 0. The topological polar surface area (TPSA) is 35.2 Å². The first-order valence-electron chi connectivity index (χ1n) is 4.74.